The van der Waals surface area contributed by atoms with Crippen molar-refractivity contribution in [2.24, 2.45) is 11.8 Å². The van der Waals surface area contributed by atoms with E-state index in [1.807, 2.05) is 0 Å². The van der Waals surface area contributed by atoms with Crippen LogP contribution >= 0.6 is 0 Å². The Morgan fingerprint density at radius 3 is 0.339 bits per heavy atom. The Balaban J connectivity index is -0.00000231. The Bertz CT molecular complexity index is 1970. The molecule has 124 heavy (non-hydrogen) atoms. The van der Waals surface area contributed by atoms with Crippen LogP contribution in [-0.4, -0.2) is 56.1 Å². The predicted molar refractivity (Wildman–Crippen MR) is 536 cm³/mol. The molecule has 0 heterocycles. The van der Waals surface area contributed by atoms with Gasteiger partial charge in [-0.1, -0.05) is 581 Å². The van der Waals surface area contributed by atoms with Gasteiger partial charge in [0.2, 0.25) is 0 Å². The minimum atomic E-state index is -1.91. The topological polar surface area (TPSA) is 160 Å². The third kappa shape index (κ3) is 87.1. The molecule has 2 unspecified atom stereocenters. The van der Waals surface area contributed by atoms with Crippen LogP contribution in [0.4, 0.5) is 0 Å². The van der Waals surface area contributed by atoms with Crippen LogP contribution in [0.25, 0.3) is 0 Å². The van der Waals surface area contributed by atoms with Crippen LogP contribution < -0.4 is 0 Å². The van der Waals surface area contributed by atoms with Crippen LogP contribution in [0.5, 0.6) is 0 Å². The van der Waals surface area contributed by atoms with Crippen molar-refractivity contribution in [3.63, 3.8) is 0 Å². The molecule has 0 saturated heterocycles. The van der Waals surface area contributed by atoms with E-state index >= 15 is 0 Å². The Morgan fingerprint density at radius 2 is 0.242 bits per heavy atom. The molecule has 0 aromatic rings. The van der Waals surface area contributed by atoms with Crippen molar-refractivity contribution in [2.75, 3.05) is 0 Å². The fraction of sp³-hybridized carbons (Fsp3) is 0.947. The summed E-state index contributed by atoms with van der Waals surface area (Å²) in [5, 5.41) is 23.3. The molecule has 734 valence electrons. The van der Waals surface area contributed by atoms with Crippen LogP contribution in [0.15, 0.2) is 0 Å². The van der Waals surface area contributed by atoms with Gasteiger partial charge in [-0.15, -0.1) is 0 Å². The summed E-state index contributed by atoms with van der Waals surface area (Å²) in [5.74, 6) is -3.91. The van der Waals surface area contributed by atoms with E-state index in [9.17, 15) is 39.0 Å². The maximum atomic E-state index is 13.7. The Kier molecular flexibility index (Phi) is 106. The van der Waals surface area contributed by atoms with Crippen molar-refractivity contribution >= 4 is 34.7 Å². The normalized spacial score (nSPS) is 12.5. The molecular weight excluding hydrogens is 1560 g/mol. The van der Waals surface area contributed by atoms with E-state index in [2.05, 4.69) is 41.5 Å². The maximum absolute atomic E-state index is 13.7. The van der Waals surface area contributed by atoms with Crippen molar-refractivity contribution in [1.29, 1.82) is 0 Å². The molecule has 0 spiro atoms. The Hall–Kier alpha value is -1.55. The first kappa shape index (κ1) is 127. The fourth-order valence-electron chi connectivity index (χ4n) is 19.0. The van der Waals surface area contributed by atoms with Crippen molar-refractivity contribution in [3.8, 4) is 0 Å². The number of unbranched alkanes of at least 4 members (excludes halogenated alkanes) is 84. The predicted octanol–water partition coefficient (Wildman–Crippen LogP) is 37.6. The standard InChI is InChI=1S/2C57H110O4.O.Ti/c2*1-5-8-11-14-17-20-23-26-29-32-35-38-41-44-47-50-53(58)56(54(59)51-48-45-42-39-36-33-30-27-24-21-18-15-12-9-6-2)57(4,61)55(60)52-49-46-43-40-37-34-31-28-25-22-19-16-13-10-7-3;;/h2*56,61H,5-52H2,1-4H3;;. The number of ketones is 6. The molecule has 0 bridgehead atoms. The fourth-order valence-corrected chi connectivity index (χ4v) is 19.0. The molecule has 0 aromatic heterocycles. The van der Waals surface area contributed by atoms with Crippen molar-refractivity contribution in [3.05, 3.63) is 0 Å². The van der Waals surface area contributed by atoms with Crippen LogP contribution in [0, 0.1) is 11.8 Å². The number of hydrogen-bond donors (Lipinski definition) is 2. The second-order valence-electron chi connectivity index (χ2n) is 40.1. The minimum absolute atomic E-state index is 0.213. The quantitative estimate of drug-likeness (QED) is 0.0343. The van der Waals surface area contributed by atoms with Crippen LogP contribution in [0.1, 0.15) is 672 Å². The number of carbonyl (C=O) groups excluding carboxylic acids is 6. The molecule has 9 nitrogen and oxygen atoms in total. The molecule has 2 atom stereocenters. The number of Topliss-reactive ketones (excluding diaryl/α,β-unsaturated/α-hetero) is 6. The van der Waals surface area contributed by atoms with Gasteiger partial charge < -0.3 is 10.2 Å². The first-order chi connectivity index (χ1) is 60.6. The summed E-state index contributed by atoms with van der Waals surface area (Å²) in [6, 6.07) is 0. The number of hydrogen-bond acceptors (Lipinski definition) is 9. The molecule has 0 radical (unpaired) electrons. The average Bonchev–Trinajstić information content (AvgIpc) is 0.811. The van der Waals surface area contributed by atoms with E-state index in [4.69, 9.17) is 3.32 Å². The zero-order valence-corrected chi connectivity index (χ0v) is 86.9. The number of aliphatic hydroxyl groups is 2. The van der Waals surface area contributed by atoms with Gasteiger partial charge in [-0.2, -0.15) is 0 Å². The van der Waals surface area contributed by atoms with Gasteiger partial charge >= 0.3 is 23.7 Å². The molecule has 0 aromatic carbocycles. The summed E-state index contributed by atoms with van der Waals surface area (Å²) >= 11 is 0.750. The SMILES string of the molecule is CCCCCCCCCCCCCCCCCC(=O)C(C(=O)CCCCCCCCCCCCCCCCC)C(C)(O)C(=O)CCCCCCCCCCCCCCCCC.CCCCCCCCCCCCCCCCCC(=O)C(C(=O)CCCCCCCCCCCCCCCCC)C(C)(O)C(=O)CCCCCCCCCCCCCCCCC.[O]=[Ti]. The zero-order chi connectivity index (χ0) is 91.5. The van der Waals surface area contributed by atoms with Crippen LogP contribution in [0.3, 0.4) is 0 Å². The third-order valence-electron chi connectivity index (χ3n) is 27.7. The summed E-state index contributed by atoms with van der Waals surface area (Å²) < 4.78 is 8.25. The molecule has 0 amide bonds. The van der Waals surface area contributed by atoms with Gasteiger partial charge in [-0.05, 0) is 52.4 Å². The molecule has 0 aliphatic rings. The number of carbonyl (C=O) groups is 6. The number of rotatable bonds is 104. The molecule has 0 aliphatic carbocycles. The summed E-state index contributed by atoms with van der Waals surface area (Å²) in [6.07, 6.45) is 115. The Morgan fingerprint density at radius 1 is 0.161 bits per heavy atom. The van der Waals surface area contributed by atoms with Crippen molar-refractivity contribution < 1.29 is 62.7 Å². The molecule has 0 fully saturated rings. The van der Waals surface area contributed by atoms with E-state index in [1.54, 1.807) is 0 Å². The summed E-state index contributed by atoms with van der Waals surface area (Å²) in [6.45, 7) is 16.6. The van der Waals surface area contributed by atoms with Gasteiger partial charge in [0.1, 0.15) is 46.2 Å². The van der Waals surface area contributed by atoms with E-state index in [1.165, 1.54) is 476 Å². The summed E-state index contributed by atoms with van der Waals surface area (Å²) in [7, 11) is 0. The molecule has 0 aliphatic heterocycles. The van der Waals surface area contributed by atoms with Gasteiger partial charge in [-0.25, -0.2) is 0 Å². The molecule has 10 heteroatoms. The van der Waals surface area contributed by atoms with E-state index in [0.29, 0.717) is 0 Å². The van der Waals surface area contributed by atoms with Gasteiger partial charge in [0.05, 0.1) is 0 Å². The molecule has 0 saturated carbocycles. The summed E-state index contributed by atoms with van der Waals surface area (Å²) in [5.41, 5.74) is -3.82. The van der Waals surface area contributed by atoms with Gasteiger partial charge in [-0.3, -0.25) is 28.8 Å². The average molecular weight is 1780 g/mol. The second-order valence-corrected chi connectivity index (χ2v) is 40.1. The summed E-state index contributed by atoms with van der Waals surface area (Å²) in [4.78, 5) is 81.9. The van der Waals surface area contributed by atoms with Gasteiger partial charge in [0, 0.05) is 38.5 Å². The Labute approximate surface area is 787 Å². The molecule has 0 rings (SSSR count). The van der Waals surface area contributed by atoms with Crippen molar-refractivity contribution in [2.45, 2.75) is 683 Å². The molecule has 2 N–H and O–H groups in total. The monoisotopic (exact) mass is 1780 g/mol. The van der Waals surface area contributed by atoms with E-state index < -0.39 is 23.0 Å². The third-order valence-corrected chi connectivity index (χ3v) is 27.7. The first-order valence-electron chi connectivity index (χ1n) is 56.5. The molecular formula is C114H220O9Ti. The van der Waals surface area contributed by atoms with Crippen LogP contribution in [-0.2, 0) is 52.5 Å². The van der Waals surface area contributed by atoms with Gasteiger partial charge in [0.25, 0.3) is 0 Å². The van der Waals surface area contributed by atoms with E-state index in [0.717, 1.165) is 136 Å². The first-order valence-corrected chi connectivity index (χ1v) is 57.1. The zero-order valence-electron chi connectivity index (χ0n) is 85.3. The van der Waals surface area contributed by atoms with E-state index in [-0.39, 0.29) is 73.2 Å². The van der Waals surface area contributed by atoms with Crippen LogP contribution in [0.2, 0.25) is 0 Å². The van der Waals surface area contributed by atoms with Gasteiger partial charge in [0.15, 0.2) is 11.6 Å². The van der Waals surface area contributed by atoms with Crippen molar-refractivity contribution in [1.82, 2.24) is 0 Å². The second kappa shape index (κ2) is 104.